The summed E-state index contributed by atoms with van der Waals surface area (Å²) in [5, 5.41) is 0. The Hall–Kier alpha value is -4.19. The van der Waals surface area contributed by atoms with E-state index in [0.717, 1.165) is 116 Å². The molecule has 0 aromatic rings. The molecule has 0 radical (unpaired) electrons. The summed E-state index contributed by atoms with van der Waals surface area (Å²) < 4.78 is 16.6. The van der Waals surface area contributed by atoms with Gasteiger partial charge >= 0.3 is 17.9 Å². The van der Waals surface area contributed by atoms with Gasteiger partial charge in [-0.1, -0.05) is 187 Å². The van der Waals surface area contributed by atoms with Crippen LogP contribution in [0.25, 0.3) is 0 Å². The van der Waals surface area contributed by atoms with Gasteiger partial charge in [0.2, 0.25) is 0 Å². The standard InChI is InChI=1S/C55H86O6/c1-4-7-10-13-16-18-20-22-24-26-27-29-30-32-34-36-39-42-45-48-54(57)60-51-52(50-59-53(56)47-44-41-38-15-12-9-6-3)61-55(58)49-46-43-40-37-35-33-31-28-25-23-21-19-17-14-11-8-5-2/h7-8,10-11,16-19,22-25,27,29,31-34,37,40,52H,4-6,9,12-15,20-21,26,28,30,35-36,38-39,41-51H2,1-3H3/b10-7-,11-8-,18-16-,19-17-,24-22-,25-23-,29-27-,33-31-,34-32-,40-37-. The van der Waals surface area contributed by atoms with Crippen LogP contribution in [-0.2, 0) is 28.6 Å². The Kier molecular flexibility index (Phi) is 45.1. The molecule has 0 N–H and O–H groups in total. The second-order valence-electron chi connectivity index (χ2n) is 15.3. The Morgan fingerprint density at radius 3 is 1.05 bits per heavy atom. The topological polar surface area (TPSA) is 78.9 Å². The number of unbranched alkanes of at least 4 members (excludes halogenated alkanes) is 10. The van der Waals surface area contributed by atoms with Crippen molar-refractivity contribution < 1.29 is 28.6 Å². The van der Waals surface area contributed by atoms with Crippen LogP contribution in [0, 0.1) is 0 Å². The highest BCUT2D eigenvalue weighted by molar-refractivity contribution is 5.71. The van der Waals surface area contributed by atoms with Gasteiger partial charge in [0.1, 0.15) is 13.2 Å². The van der Waals surface area contributed by atoms with E-state index in [9.17, 15) is 14.4 Å². The van der Waals surface area contributed by atoms with E-state index in [1.807, 2.05) is 0 Å². The molecular formula is C55H86O6. The maximum Gasteiger partial charge on any atom is 0.306 e. The van der Waals surface area contributed by atoms with Crippen LogP contribution in [0.5, 0.6) is 0 Å². The second kappa shape index (κ2) is 48.5. The van der Waals surface area contributed by atoms with E-state index in [1.165, 1.54) is 25.7 Å². The fourth-order valence-corrected chi connectivity index (χ4v) is 5.91. The molecule has 342 valence electrons. The van der Waals surface area contributed by atoms with Gasteiger partial charge in [-0.25, -0.2) is 0 Å². The lowest BCUT2D eigenvalue weighted by Gasteiger charge is -2.18. The first-order chi connectivity index (χ1) is 30.0. The number of carbonyl (C=O) groups is 3. The minimum Gasteiger partial charge on any atom is -0.462 e. The maximum absolute atomic E-state index is 12.7. The van der Waals surface area contributed by atoms with Crippen LogP contribution in [-0.4, -0.2) is 37.2 Å². The molecular weight excluding hydrogens is 757 g/mol. The average Bonchev–Trinajstić information content (AvgIpc) is 3.26. The first kappa shape index (κ1) is 56.8. The van der Waals surface area contributed by atoms with E-state index in [2.05, 4.69) is 142 Å². The number of rotatable bonds is 41. The molecule has 0 saturated heterocycles. The van der Waals surface area contributed by atoms with Crippen molar-refractivity contribution >= 4 is 17.9 Å². The Balaban J connectivity index is 4.47. The smallest absolute Gasteiger partial charge is 0.306 e. The lowest BCUT2D eigenvalue weighted by atomic mass is 10.1. The summed E-state index contributed by atoms with van der Waals surface area (Å²) in [5.41, 5.74) is 0. The quantitative estimate of drug-likeness (QED) is 0.0264. The van der Waals surface area contributed by atoms with Crippen LogP contribution in [0.2, 0.25) is 0 Å². The third-order valence-electron chi connectivity index (χ3n) is 9.46. The van der Waals surface area contributed by atoms with Gasteiger partial charge in [0.25, 0.3) is 0 Å². The van der Waals surface area contributed by atoms with Crippen LogP contribution in [0.1, 0.15) is 188 Å². The van der Waals surface area contributed by atoms with Crippen molar-refractivity contribution in [3.8, 4) is 0 Å². The number of hydrogen-bond acceptors (Lipinski definition) is 6. The zero-order chi connectivity index (χ0) is 44.4. The molecule has 0 heterocycles. The van der Waals surface area contributed by atoms with Crippen LogP contribution >= 0.6 is 0 Å². The van der Waals surface area contributed by atoms with Gasteiger partial charge in [-0.3, -0.25) is 14.4 Å². The van der Waals surface area contributed by atoms with Gasteiger partial charge < -0.3 is 14.2 Å². The molecule has 0 aliphatic rings. The molecule has 6 heteroatoms. The third kappa shape index (κ3) is 46.7. The average molecular weight is 843 g/mol. The van der Waals surface area contributed by atoms with E-state index in [0.29, 0.717) is 19.3 Å². The van der Waals surface area contributed by atoms with Crippen LogP contribution in [0.15, 0.2) is 122 Å². The first-order valence-corrected chi connectivity index (χ1v) is 24.0. The third-order valence-corrected chi connectivity index (χ3v) is 9.46. The number of ether oxygens (including phenoxy) is 3. The monoisotopic (exact) mass is 843 g/mol. The Labute approximate surface area is 373 Å². The summed E-state index contributed by atoms with van der Waals surface area (Å²) in [5.74, 6) is -1.03. The molecule has 0 aromatic carbocycles. The molecule has 0 aromatic heterocycles. The molecule has 0 saturated carbocycles. The summed E-state index contributed by atoms with van der Waals surface area (Å²) in [7, 11) is 0. The second-order valence-corrected chi connectivity index (χ2v) is 15.3. The number of esters is 3. The molecule has 0 amide bonds. The highest BCUT2D eigenvalue weighted by Gasteiger charge is 2.19. The molecule has 0 bridgehead atoms. The van der Waals surface area contributed by atoms with E-state index >= 15 is 0 Å². The van der Waals surface area contributed by atoms with Gasteiger partial charge in [0.15, 0.2) is 6.10 Å². The highest BCUT2D eigenvalue weighted by atomic mass is 16.6. The van der Waals surface area contributed by atoms with Gasteiger partial charge in [-0.15, -0.1) is 0 Å². The van der Waals surface area contributed by atoms with Crippen LogP contribution in [0.4, 0.5) is 0 Å². The van der Waals surface area contributed by atoms with Gasteiger partial charge in [-0.05, 0) is 103 Å². The minimum absolute atomic E-state index is 0.115. The van der Waals surface area contributed by atoms with E-state index in [-0.39, 0.29) is 37.5 Å². The summed E-state index contributed by atoms with van der Waals surface area (Å²) in [6.07, 6.45) is 66.3. The fraction of sp³-hybridized carbons (Fsp3) is 0.582. The van der Waals surface area contributed by atoms with E-state index in [4.69, 9.17) is 14.2 Å². The minimum atomic E-state index is -0.821. The molecule has 0 fully saturated rings. The Morgan fingerprint density at radius 2 is 0.656 bits per heavy atom. The molecule has 6 nitrogen and oxygen atoms in total. The van der Waals surface area contributed by atoms with Crippen molar-refractivity contribution in [2.75, 3.05) is 13.2 Å². The normalized spacial score (nSPS) is 13.2. The SMILES string of the molecule is CC/C=C\C/C=C\C/C=C\C/C=C\C/C=C\CCCCCC(=O)OCC(COC(=O)CCCCCCCCC)OC(=O)CCC/C=C\C/C=C\C/C=C\C/C=C\C/C=C\CC. The fourth-order valence-electron chi connectivity index (χ4n) is 5.91. The highest BCUT2D eigenvalue weighted by Crippen LogP contribution is 2.11. The molecule has 1 atom stereocenters. The molecule has 1 unspecified atom stereocenters. The van der Waals surface area contributed by atoms with Crippen molar-refractivity contribution in [3.63, 3.8) is 0 Å². The van der Waals surface area contributed by atoms with Gasteiger partial charge in [0.05, 0.1) is 0 Å². The Morgan fingerprint density at radius 1 is 0.344 bits per heavy atom. The van der Waals surface area contributed by atoms with E-state index in [1.54, 1.807) is 0 Å². The molecule has 0 aliphatic heterocycles. The van der Waals surface area contributed by atoms with Crippen molar-refractivity contribution in [2.45, 2.75) is 194 Å². The lowest BCUT2D eigenvalue weighted by molar-refractivity contribution is -0.167. The van der Waals surface area contributed by atoms with Crippen LogP contribution < -0.4 is 0 Å². The van der Waals surface area contributed by atoms with Crippen molar-refractivity contribution in [3.05, 3.63) is 122 Å². The molecule has 0 rings (SSSR count). The van der Waals surface area contributed by atoms with Crippen molar-refractivity contribution in [2.24, 2.45) is 0 Å². The summed E-state index contributed by atoms with van der Waals surface area (Å²) in [6, 6.07) is 0. The zero-order valence-corrected chi connectivity index (χ0v) is 38.9. The van der Waals surface area contributed by atoms with Crippen LogP contribution in [0.3, 0.4) is 0 Å². The van der Waals surface area contributed by atoms with Crippen molar-refractivity contribution in [1.29, 1.82) is 0 Å². The number of carbonyl (C=O) groups excluding carboxylic acids is 3. The predicted octanol–water partition coefficient (Wildman–Crippen LogP) is 15.7. The van der Waals surface area contributed by atoms with E-state index < -0.39 is 6.10 Å². The molecule has 0 aliphatic carbocycles. The van der Waals surface area contributed by atoms with Crippen molar-refractivity contribution in [1.82, 2.24) is 0 Å². The molecule has 0 spiro atoms. The Bertz CT molecular complexity index is 1340. The largest absolute Gasteiger partial charge is 0.462 e. The predicted molar refractivity (Wildman–Crippen MR) is 260 cm³/mol. The summed E-state index contributed by atoms with van der Waals surface area (Å²) in [4.78, 5) is 37.7. The van der Waals surface area contributed by atoms with Gasteiger partial charge in [0, 0.05) is 19.3 Å². The zero-order valence-electron chi connectivity index (χ0n) is 38.9. The summed E-state index contributed by atoms with van der Waals surface area (Å²) >= 11 is 0. The van der Waals surface area contributed by atoms with Gasteiger partial charge in [-0.2, -0.15) is 0 Å². The number of allylic oxidation sites excluding steroid dienone is 20. The molecule has 61 heavy (non-hydrogen) atoms. The maximum atomic E-state index is 12.7. The summed E-state index contributed by atoms with van der Waals surface area (Å²) in [6.45, 7) is 6.26. The first-order valence-electron chi connectivity index (χ1n) is 24.0. The lowest BCUT2D eigenvalue weighted by Crippen LogP contribution is -2.30. The number of hydrogen-bond donors (Lipinski definition) is 0.